The summed E-state index contributed by atoms with van der Waals surface area (Å²) in [6, 6.07) is 10.4. The molecule has 3 rings (SSSR count). The van der Waals surface area contributed by atoms with E-state index < -0.39 is 5.76 Å². The maximum Gasteiger partial charge on any atom is 0.288 e. The van der Waals surface area contributed by atoms with Crippen LogP contribution in [-0.4, -0.2) is 32.2 Å². The Morgan fingerprint density at radius 1 is 1.26 bits per heavy atom. The summed E-state index contributed by atoms with van der Waals surface area (Å²) < 4.78 is 27.2. The zero-order valence-corrected chi connectivity index (χ0v) is 16.7. The van der Waals surface area contributed by atoms with Crippen LogP contribution in [0.5, 0.6) is 0 Å². The van der Waals surface area contributed by atoms with E-state index in [1.54, 1.807) is 35.6 Å². The normalized spacial score (nSPS) is 11.1. The minimum absolute atomic E-state index is 0.107. The molecule has 142 valence electrons. The molecule has 1 aromatic carbocycles. The summed E-state index contributed by atoms with van der Waals surface area (Å²) in [6.07, 6.45) is 0. The number of carbonyl (C=O) groups is 1. The zero-order valence-electron chi connectivity index (χ0n) is 14.3. The highest BCUT2D eigenvalue weighted by atomic mass is 32.2. The first-order valence-electron chi connectivity index (χ1n) is 8.02. The van der Waals surface area contributed by atoms with Crippen LogP contribution in [0.15, 0.2) is 51.8 Å². The quantitative estimate of drug-likeness (QED) is 0.510. The summed E-state index contributed by atoms with van der Waals surface area (Å²) in [5.41, 5.74) is 0.379. The molecule has 2 heterocycles. The van der Waals surface area contributed by atoms with Crippen LogP contribution in [0.1, 0.15) is 6.92 Å². The third-order valence-corrected chi connectivity index (χ3v) is 6.10. The average Bonchev–Trinajstić information content (AvgIpc) is 3.30. The van der Waals surface area contributed by atoms with Crippen LogP contribution in [0.4, 0.5) is 14.5 Å². The maximum atomic E-state index is 12.6. The molecule has 0 bridgehead atoms. The van der Waals surface area contributed by atoms with Crippen molar-refractivity contribution in [3.8, 4) is 10.7 Å². The predicted octanol–water partition coefficient (Wildman–Crippen LogP) is 5.07. The van der Waals surface area contributed by atoms with Gasteiger partial charge in [0.1, 0.15) is 0 Å². The van der Waals surface area contributed by atoms with Gasteiger partial charge in [-0.05, 0) is 30.5 Å². The third kappa shape index (κ3) is 5.08. The summed E-state index contributed by atoms with van der Waals surface area (Å²) in [6.45, 7) is 2.67. The Kier molecular flexibility index (Phi) is 6.86. The number of benzene rings is 1. The molecule has 1 N–H and O–H groups in total. The van der Waals surface area contributed by atoms with E-state index >= 15 is 0 Å². The molecule has 1 amide bonds. The SMILES string of the molecule is CCn1c(SCC(=O)Nc2ccccc2SC(F)F)nnc1-c1cccs1. The van der Waals surface area contributed by atoms with Crippen molar-refractivity contribution >= 4 is 46.5 Å². The number of halogens is 2. The highest BCUT2D eigenvalue weighted by Crippen LogP contribution is 2.32. The van der Waals surface area contributed by atoms with E-state index in [-0.39, 0.29) is 11.7 Å². The molecule has 0 atom stereocenters. The van der Waals surface area contributed by atoms with E-state index in [9.17, 15) is 13.6 Å². The molecule has 0 aliphatic rings. The van der Waals surface area contributed by atoms with Crippen molar-refractivity contribution in [3.63, 3.8) is 0 Å². The van der Waals surface area contributed by atoms with Gasteiger partial charge in [0.05, 0.1) is 16.3 Å². The number of nitrogens with one attached hydrogen (secondary N) is 1. The highest BCUT2D eigenvalue weighted by molar-refractivity contribution is 8.00. The predicted molar refractivity (Wildman–Crippen MR) is 107 cm³/mol. The van der Waals surface area contributed by atoms with Gasteiger partial charge in [-0.2, -0.15) is 8.78 Å². The Labute approximate surface area is 167 Å². The summed E-state index contributed by atoms with van der Waals surface area (Å²) in [4.78, 5) is 13.6. The number of hydrogen-bond acceptors (Lipinski definition) is 6. The van der Waals surface area contributed by atoms with Crippen LogP contribution in [0.25, 0.3) is 10.7 Å². The second-order valence-corrected chi connectivity index (χ2v) is 8.16. The van der Waals surface area contributed by atoms with Gasteiger partial charge in [-0.3, -0.25) is 4.79 Å². The number of aromatic nitrogens is 3. The lowest BCUT2D eigenvalue weighted by molar-refractivity contribution is -0.113. The van der Waals surface area contributed by atoms with Crippen molar-refractivity contribution in [1.82, 2.24) is 14.8 Å². The van der Waals surface area contributed by atoms with Crippen LogP contribution >= 0.6 is 34.9 Å². The summed E-state index contributed by atoms with van der Waals surface area (Å²) in [5.74, 6) is -1.95. The molecular weight excluding hydrogens is 410 g/mol. The van der Waals surface area contributed by atoms with Crippen LogP contribution in [0, 0.1) is 0 Å². The smallest absolute Gasteiger partial charge is 0.288 e. The van der Waals surface area contributed by atoms with Crippen molar-refractivity contribution in [3.05, 3.63) is 41.8 Å². The second kappa shape index (κ2) is 9.34. The molecule has 2 aromatic heterocycles. The lowest BCUT2D eigenvalue weighted by Crippen LogP contribution is -2.15. The van der Waals surface area contributed by atoms with Gasteiger partial charge in [0, 0.05) is 11.4 Å². The second-order valence-electron chi connectivity index (χ2n) is 5.24. The van der Waals surface area contributed by atoms with E-state index in [0.29, 0.717) is 34.0 Å². The monoisotopic (exact) mass is 426 g/mol. The van der Waals surface area contributed by atoms with E-state index in [1.165, 1.54) is 11.8 Å². The molecule has 0 aliphatic carbocycles. The number of rotatable bonds is 8. The highest BCUT2D eigenvalue weighted by Gasteiger charge is 2.16. The number of thiophene rings is 1. The van der Waals surface area contributed by atoms with Crippen LogP contribution in [0.2, 0.25) is 0 Å². The number of nitrogens with zero attached hydrogens (tertiary/aromatic N) is 3. The molecule has 0 saturated carbocycles. The summed E-state index contributed by atoms with van der Waals surface area (Å²) in [5, 5.41) is 13.7. The zero-order chi connectivity index (χ0) is 19.2. The summed E-state index contributed by atoms with van der Waals surface area (Å²) in [7, 11) is 0. The van der Waals surface area contributed by atoms with Crippen molar-refractivity contribution in [1.29, 1.82) is 0 Å². The number of carbonyl (C=O) groups excluding carboxylic acids is 1. The van der Waals surface area contributed by atoms with Gasteiger partial charge in [0.2, 0.25) is 5.91 Å². The lowest BCUT2D eigenvalue weighted by Gasteiger charge is -2.10. The van der Waals surface area contributed by atoms with Crippen LogP contribution in [-0.2, 0) is 11.3 Å². The molecule has 0 spiro atoms. The third-order valence-electron chi connectivity index (χ3n) is 3.48. The van der Waals surface area contributed by atoms with Crippen molar-refractivity contribution in [2.45, 2.75) is 29.3 Å². The fourth-order valence-electron chi connectivity index (χ4n) is 2.35. The van der Waals surface area contributed by atoms with Gasteiger partial charge in [0.15, 0.2) is 11.0 Å². The number of amides is 1. The number of para-hydroxylation sites is 1. The molecule has 0 fully saturated rings. The van der Waals surface area contributed by atoms with Crippen LogP contribution < -0.4 is 5.32 Å². The Hall–Kier alpha value is -1.91. The number of anilines is 1. The summed E-state index contributed by atoms with van der Waals surface area (Å²) >= 11 is 3.25. The minimum Gasteiger partial charge on any atom is -0.324 e. The molecular formula is C17H16F2N4OS3. The maximum absolute atomic E-state index is 12.6. The molecule has 10 heteroatoms. The lowest BCUT2D eigenvalue weighted by atomic mass is 10.3. The van der Waals surface area contributed by atoms with E-state index in [1.807, 2.05) is 29.0 Å². The van der Waals surface area contributed by atoms with Gasteiger partial charge in [0.25, 0.3) is 5.76 Å². The van der Waals surface area contributed by atoms with E-state index in [4.69, 9.17) is 0 Å². The number of hydrogen-bond donors (Lipinski definition) is 1. The minimum atomic E-state index is -2.55. The topological polar surface area (TPSA) is 59.8 Å². The molecule has 0 radical (unpaired) electrons. The van der Waals surface area contributed by atoms with Gasteiger partial charge in [-0.1, -0.05) is 41.7 Å². The molecule has 3 aromatic rings. The number of alkyl halides is 2. The van der Waals surface area contributed by atoms with Crippen molar-refractivity contribution < 1.29 is 13.6 Å². The molecule has 27 heavy (non-hydrogen) atoms. The van der Waals surface area contributed by atoms with E-state index in [2.05, 4.69) is 15.5 Å². The molecule has 0 aliphatic heterocycles. The first kappa shape index (κ1) is 19.8. The molecule has 5 nitrogen and oxygen atoms in total. The largest absolute Gasteiger partial charge is 0.324 e. The van der Waals surface area contributed by atoms with E-state index in [0.717, 1.165) is 10.7 Å². The first-order valence-corrected chi connectivity index (χ1v) is 10.8. The Morgan fingerprint density at radius 2 is 2.07 bits per heavy atom. The Morgan fingerprint density at radius 3 is 2.78 bits per heavy atom. The van der Waals surface area contributed by atoms with Gasteiger partial charge in [-0.15, -0.1) is 21.5 Å². The van der Waals surface area contributed by atoms with Crippen LogP contribution in [0.3, 0.4) is 0 Å². The van der Waals surface area contributed by atoms with Gasteiger partial charge < -0.3 is 9.88 Å². The van der Waals surface area contributed by atoms with Crippen molar-refractivity contribution in [2.75, 3.05) is 11.1 Å². The Balaban J connectivity index is 1.65. The first-order chi connectivity index (χ1) is 13.1. The van der Waals surface area contributed by atoms with Crippen molar-refractivity contribution in [2.24, 2.45) is 0 Å². The standard InChI is InChI=1S/C17H16F2N4OS3/c1-2-23-15(13-8-5-9-25-13)21-22-17(23)26-10-14(24)20-11-6-3-4-7-12(11)27-16(18)19/h3-9,16H,2,10H2,1H3,(H,20,24). The fraction of sp³-hybridized carbons (Fsp3) is 0.235. The Bertz CT molecular complexity index is 899. The van der Waals surface area contributed by atoms with Gasteiger partial charge in [-0.25, -0.2) is 0 Å². The number of thioether (sulfide) groups is 2. The average molecular weight is 427 g/mol. The fourth-order valence-corrected chi connectivity index (χ4v) is 4.47. The molecule has 0 unspecified atom stereocenters. The molecule has 0 saturated heterocycles. The van der Waals surface area contributed by atoms with Gasteiger partial charge >= 0.3 is 0 Å².